The minimum atomic E-state index is -0.00618. The van der Waals surface area contributed by atoms with E-state index in [0.29, 0.717) is 5.92 Å². The second-order valence-electron chi connectivity index (χ2n) is 6.24. The van der Waals surface area contributed by atoms with E-state index in [-0.39, 0.29) is 5.60 Å². The molecular formula is C16H29NO2. The Kier molecular flexibility index (Phi) is 5.43. The fourth-order valence-corrected chi connectivity index (χ4v) is 3.39. The van der Waals surface area contributed by atoms with Crippen LogP contribution in [0.25, 0.3) is 0 Å². The fraction of sp³-hybridized carbons (Fsp3) is 0.875. The Morgan fingerprint density at radius 3 is 2.79 bits per heavy atom. The molecule has 0 spiro atoms. The third kappa shape index (κ3) is 3.80. The molecule has 1 saturated heterocycles. The van der Waals surface area contributed by atoms with Gasteiger partial charge in [0, 0.05) is 46.3 Å². The molecule has 2 aliphatic rings. The minimum Gasteiger partial charge on any atom is -0.381 e. The second-order valence-corrected chi connectivity index (χ2v) is 6.24. The van der Waals surface area contributed by atoms with Gasteiger partial charge in [-0.25, -0.2) is 0 Å². The van der Waals surface area contributed by atoms with E-state index in [1.807, 2.05) is 7.11 Å². The van der Waals surface area contributed by atoms with Gasteiger partial charge in [0.1, 0.15) is 0 Å². The van der Waals surface area contributed by atoms with Crippen LogP contribution in [0.1, 0.15) is 39.5 Å². The SMILES string of the molecule is COC1(CNC[C@H]2C(C)=CCC[C@H]2C)CCOCC1. The predicted octanol–water partition coefficient (Wildman–Crippen LogP) is 2.76. The maximum Gasteiger partial charge on any atom is 0.0846 e. The van der Waals surface area contributed by atoms with Gasteiger partial charge in [0.2, 0.25) is 0 Å². The lowest BCUT2D eigenvalue weighted by atomic mass is 9.80. The molecule has 0 amide bonds. The first-order valence-electron chi connectivity index (χ1n) is 7.67. The standard InChI is InChI=1S/C16H29NO2/c1-13-5-4-6-14(2)15(13)11-17-12-16(18-3)7-9-19-10-8-16/h5,14-15,17H,4,6-12H2,1-3H3/t14-,15+/m1/s1. The number of allylic oxidation sites excluding steroid dienone is 1. The molecule has 0 aromatic carbocycles. The number of hydrogen-bond donors (Lipinski definition) is 1. The van der Waals surface area contributed by atoms with Crippen LogP contribution in [0.5, 0.6) is 0 Å². The summed E-state index contributed by atoms with van der Waals surface area (Å²) in [5.74, 6) is 1.49. The molecule has 2 atom stereocenters. The average Bonchev–Trinajstić information content (AvgIpc) is 2.43. The van der Waals surface area contributed by atoms with Crippen LogP contribution in [0.2, 0.25) is 0 Å². The van der Waals surface area contributed by atoms with E-state index >= 15 is 0 Å². The van der Waals surface area contributed by atoms with Gasteiger partial charge >= 0.3 is 0 Å². The van der Waals surface area contributed by atoms with E-state index in [4.69, 9.17) is 9.47 Å². The van der Waals surface area contributed by atoms with Gasteiger partial charge < -0.3 is 14.8 Å². The Hall–Kier alpha value is -0.380. The Bertz CT molecular complexity index is 308. The number of ether oxygens (including phenoxy) is 2. The molecule has 1 aliphatic heterocycles. The molecule has 1 heterocycles. The van der Waals surface area contributed by atoms with Crippen LogP contribution < -0.4 is 5.32 Å². The van der Waals surface area contributed by atoms with Crippen molar-refractivity contribution in [3.8, 4) is 0 Å². The van der Waals surface area contributed by atoms with Crippen LogP contribution in [0.3, 0.4) is 0 Å². The van der Waals surface area contributed by atoms with Gasteiger partial charge in [-0.3, -0.25) is 0 Å². The zero-order chi connectivity index (χ0) is 13.7. The van der Waals surface area contributed by atoms with Crippen LogP contribution in [0, 0.1) is 11.8 Å². The molecule has 2 rings (SSSR count). The van der Waals surface area contributed by atoms with Crippen LogP contribution >= 0.6 is 0 Å². The molecule has 3 nitrogen and oxygen atoms in total. The lowest BCUT2D eigenvalue weighted by Crippen LogP contribution is -2.48. The molecule has 1 aliphatic carbocycles. The van der Waals surface area contributed by atoms with E-state index in [1.165, 1.54) is 12.8 Å². The second kappa shape index (κ2) is 6.87. The first-order chi connectivity index (χ1) is 9.17. The van der Waals surface area contributed by atoms with Crippen LogP contribution in [0.15, 0.2) is 11.6 Å². The topological polar surface area (TPSA) is 30.5 Å². The molecule has 0 aromatic heterocycles. The molecule has 0 unspecified atom stereocenters. The molecule has 0 aromatic rings. The third-order valence-corrected chi connectivity index (χ3v) is 5.01. The van der Waals surface area contributed by atoms with Gasteiger partial charge in [0.25, 0.3) is 0 Å². The van der Waals surface area contributed by atoms with Gasteiger partial charge in [-0.05, 0) is 31.6 Å². The van der Waals surface area contributed by atoms with E-state index in [2.05, 4.69) is 25.2 Å². The van der Waals surface area contributed by atoms with Crippen molar-refractivity contribution in [2.75, 3.05) is 33.4 Å². The lowest BCUT2D eigenvalue weighted by Gasteiger charge is -2.37. The Morgan fingerprint density at radius 2 is 2.16 bits per heavy atom. The van der Waals surface area contributed by atoms with E-state index in [9.17, 15) is 0 Å². The van der Waals surface area contributed by atoms with Crippen molar-refractivity contribution in [1.29, 1.82) is 0 Å². The molecule has 0 bridgehead atoms. The summed E-state index contributed by atoms with van der Waals surface area (Å²) in [6.45, 7) is 8.34. The summed E-state index contributed by atoms with van der Waals surface area (Å²) in [7, 11) is 1.83. The van der Waals surface area contributed by atoms with E-state index in [1.54, 1.807) is 5.57 Å². The van der Waals surface area contributed by atoms with Crippen molar-refractivity contribution < 1.29 is 9.47 Å². The summed E-state index contributed by atoms with van der Waals surface area (Å²) in [6, 6.07) is 0. The summed E-state index contributed by atoms with van der Waals surface area (Å²) < 4.78 is 11.2. The van der Waals surface area contributed by atoms with Crippen LogP contribution in [-0.2, 0) is 9.47 Å². The zero-order valence-corrected chi connectivity index (χ0v) is 12.7. The average molecular weight is 267 g/mol. The summed E-state index contributed by atoms with van der Waals surface area (Å²) in [5, 5.41) is 3.66. The number of rotatable bonds is 5. The van der Waals surface area contributed by atoms with E-state index in [0.717, 1.165) is 45.1 Å². The van der Waals surface area contributed by atoms with Crippen molar-refractivity contribution in [3.63, 3.8) is 0 Å². The van der Waals surface area contributed by atoms with Crippen molar-refractivity contribution in [2.45, 2.75) is 45.1 Å². The van der Waals surface area contributed by atoms with Crippen LogP contribution in [0.4, 0.5) is 0 Å². The van der Waals surface area contributed by atoms with Gasteiger partial charge in [-0.1, -0.05) is 18.6 Å². The molecule has 3 heteroatoms. The smallest absolute Gasteiger partial charge is 0.0846 e. The molecule has 110 valence electrons. The molecule has 0 radical (unpaired) electrons. The van der Waals surface area contributed by atoms with Gasteiger partial charge in [-0.15, -0.1) is 0 Å². The van der Waals surface area contributed by atoms with Crippen molar-refractivity contribution in [2.24, 2.45) is 11.8 Å². The quantitative estimate of drug-likeness (QED) is 0.777. The van der Waals surface area contributed by atoms with Gasteiger partial charge in [0.15, 0.2) is 0 Å². The highest BCUT2D eigenvalue weighted by atomic mass is 16.5. The maximum absolute atomic E-state index is 5.76. The molecular weight excluding hydrogens is 238 g/mol. The van der Waals surface area contributed by atoms with Crippen LogP contribution in [-0.4, -0.2) is 39.0 Å². The highest BCUT2D eigenvalue weighted by molar-refractivity contribution is 5.09. The summed E-state index contributed by atoms with van der Waals surface area (Å²) in [4.78, 5) is 0. The summed E-state index contributed by atoms with van der Waals surface area (Å²) in [5.41, 5.74) is 1.55. The molecule has 0 saturated carbocycles. The fourth-order valence-electron chi connectivity index (χ4n) is 3.39. The highest BCUT2D eigenvalue weighted by Crippen LogP contribution is 2.30. The number of nitrogens with one attached hydrogen (secondary N) is 1. The van der Waals surface area contributed by atoms with Crippen molar-refractivity contribution in [1.82, 2.24) is 5.32 Å². The zero-order valence-electron chi connectivity index (χ0n) is 12.7. The van der Waals surface area contributed by atoms with Crippen molar-refractivity contribution >= 4 is 0 Å². The molecule has 1 fully saturated rings. The third-order valence-electron chi connectivity index (χ3n) is 5.01. The number of hydrogen-bond acceptors (Lipinski definition) is 3. The summed E-state index contributed by atoms with van der Waals surface area (Å²) >= 11 is 0. The Labute approximate surface area is 117 Å². The van der Waals surface area contributed by atoms with Gasteiger partial charge in [-0.2, -0.15) is 0 Å². The largest absolute Gasteiger partial charge is 0.381 e. The Morgan fingerprint density at radius 1 is 1.42 bits per heavy atom. The van der Waals surface area contributed by atoms with E-state index < -0.39 is 0 Å². The molecule has 1 N–H and O–H groups in total. The summed E-state index contributed by atoms with van der Waals surface area (Å²) in [6.07, 6.45) is 7.00. The van der Waals surface area contributed by atoms with Crippen molar-refractivity contribution in [3.05, 3.63) is 11.6 Å². The maximum atomic E-state index is 5.76. The molecule has 19 heavy (non-hydrogen) atoms. The number of methoxy groups -OCH3 is 1. The van der Waals surface area contributed by atoms with Gasteiger partial charge in [0.05, 0.1) is 5.60 Å². The highest BCUT2D eigenvalue weighted by Gasteiger charge is 2.32. The minimum absolute atomic E-state index is 0.00618. The first kappa shape index (κ1) is 15.0. The monoisotopic (exact) mass is 267 g/mol. The lowest BCUT2D eigenvalue weighted by molar-refractivity contribution is -0.0878. The Balaban J connectivity index is 1.81. The normalized spacial score (nSPS) is 31.0. The first-order valence-corrected chi connectivity index (χ1v) is 7.67. The predicted molar refractivity (Wildman–Crippen MR) is 78.3 cm³/mol.